The highest BCUT2D eigenvalue weighted by atomic mass is 32.1. The van der Waals surface area contributed by atoms with Crippen LogP contribution in [0.4, 0.5) is 4.39 Å². The quantitative estimate of drug-likeness (QED) is 0.856. The van der Waals surface area contributed by atoms with Gasteiger partial charge in [0.05, 0.1) is 0 Å². The van der Waals surface area contributed by atoms with E-state index in [9.17, 15) is 4.39 Å². The molecule has 0 amide bonds. The van der Waals surface area contributed by atoms with Gasteiger partial charge in [-0.1, -0.05) is 25.1 Å². The Morgan fingerprint density at radius 2 is 2.17 bits per heavy atom. The molecule has 0 aliphatic carbocycles. The second-order valence-corrected chi connectivity index (χ2v) is 5.20. The number of nitrogens with one attached hydrogen (secondary N) is 1. The Morgan fingerprint density at radius 1 is 1.33 bits per heavy atom. The number of rotatable bonds is 5. The third-order valence-electron chi connectivity index (χ3n) is 3.07. The fourth-order valence-electron chi connectivity index (χ4n) is 2.12. The number of benzene rings is 1. The molecule has 1 aromatic heterocycles. The molecule has 0 bridgehead atoms. The molecule has 1 N–H and O–H groups in total. The SMILES string of the molecule is CCNC(Cc1ccsc1)c1cccc(C)c1F. The minimum Gasteiger partial charge on any atom is -0.310 e. The summed E-state index contributed by atoms with van der Waals surface area (Å²) in [4.78, 5) is 0. The lowest BCUT2D eigenvalue weighted by Crippen LogP contribution is -2.24. The first kappa shape index (κ1) is 13.2. The molecule has 2 rings (SSSR count). The number of aryl methyl sites for hydroxylation is 1. The molecule has 1 aromatic carbocycles. The lowest BCUT2D eigenvalue weighted by Gasteiger charge is -2.19. The first-order chi connectivity index (χ1) is 8.72. The third kappa shape index (κ3) is 2.98. The number of likely N-dealkylation sites (N-methyl/N-ethyl adjacent to an activating group) is 1. The first-order valence-electron chi connectivity index (χ1n) is 6.21. The zero-order chi connectivity index (χ0) is 13.0. The minimum atomic E-state index is -0.0846. The van der Waals surface area contributed by atoms with E-state index in [0.29, 0.717) is 5.56 Å². The van der Waals surface area contributed by atoms with E-state index >= 15 is 0 Å². The maximum Gasteiger partial charge on any atom is 0.130 e. The van der Waals surface area contributed by atoms with Crippen molar-refractivity contribution in [1.82, 2.24) is 5.32 Å². The summed E-state index contributed by atoms with van der Waals surface area (Å²) in [6.07, 6.45) is 0.831. The molecule has 0 aliphatic rings. The van der Waals surface area contributed by atoms with Crippen LogP contribution in [0, 0.1) is 12.7 Å². The van der Waals surface area contributed by atoms with Crippen molar-refractivity contribution in [3.63, 3.8) is 0 Å². The Kier molecular flexibility index (Phi) is 4.50. The summed E-state index contributed by atoms with van der Waals surface area (Å²) >= 11 is 1.68. The normalized spacial score (nSPS) is 12.6. The topological polar surface area (TPSA) is 12.0 Å². The van der Waals surface area contributed by atoms with Gasteiger partial charge in [-0.25, -0.2) is 4.39 Å². The molecule has 0 saturated carbocycles. The average Bonchev–Trinajstić information content (AvgIpc) is 2.85. The molecule has 0 fully saturated rings. The molecule has 1 nitrogen and oxygen atoms in total. The molecule has 18 heavy (non-hydrogen) atoms. The zero-order valence-corrected chi connectivity index (χ0v) is 11.6. The predicted octanol–water partition coefficient (Wildman–Crippen LogP) is 4.09. The number of hydrogen-bond donors (Lipinski definition) is 1. The molecule has 1 atom stereocenters. The Labute approximate surface area is 112 Å². The van der Waals surface area contributed by atoms with E-state index in [2.05, 4.69) is 22.1 Å². The smallest absolute Gasteiger partial charge is 0.130 e. The Morgan fingerprint density at radius 3 is 2.83 bits per heavy atom. The summed E-state index contributed by atoms with van der Waals surface area (Å²) < 4.78 is 14.2. The fourth-order valence-corrected chi connectivity index (χ4v) is 2.80. The molecule has 0 saturated heterocycles. The monoisotopic (exact) mass is 263 g/mol. The van der Waals surface area contributed by atoms with Crippen molar-refractivity contribution in [1.29, 1.82) is 0 Å². The van der Waals surface area contributed by atoms with E-state index < -0.39 is 0 Å². The molecular formula is C15H18FNS. The number of halogens is 1. The van der Waals surface area contributed by atoms with Crippen molar-refractivity contribution in [3.8, 4) is 0 Å². The summed E-state index contributed by atoms with van der Waals surface area (Å²) in [5.74, 6) is -0.0846. The van der Waals surface area contributed by atoms with E-state index in [1.807, 2.05) is 32.0 Å². The zero-order valence-electron chi connectivity index (χ0n) is 10.7. The van der Waals surface area contributed by atoms with Gasteiger partial charge in [-0.3, -0.25) is 0 Å². The molecule has 96 valence electrons. The summed E-state index contributed by atoms with van der Waals surface area (Å²) in [6, 6.07) is 7.76. The molecule has 0 radical (unpaired) electrons. The minimum absolute atomic E-state index is 0.0458. The summed E-state index contributed by atoms with van der Waals surface area (Å²) in [5, 5.41) is 7.55. The molecule has 0 spiro atoms. The van der Waals surface area contributed by atoms with Crippen LogP contribution in [-0.2, 0) is 6.42 Å². The van der Waals surface area contributed by atoms with Crippen molar-refractivity contribution in [2.75, 3.05) is 6.54 Å². The van der Waals surface area contributed by atoms with Gasteiger partial charge in [0.2, 0.25) is 0 Å². The second-order valence-electron chi connectivity index (χ2n) is 4.42. The molecular weight excluding hydrogens is 245 g/mol. The van der Waals surface area contributed by atoms with Gasteiger partial charge in [0.25, 0.3) is 0 Å². The van der Waals surface area contributed by atoms with Gasteiger partial charge in [-0.05, 0) is 47.8 Å². The molecule has 2 aromatic rings. The van der Waals surface area contributed by atoms with Crippen molar-refractivity contribution in [2.45, 2.75) is 26.3 Å². The van der Waals surface area contributed by atoms with Crippen LogP contribution in [0.2, 0.25) is 0 Å². The highest BCUT2D eigenvalue weighted by Crippen LogP contribution is 2.24. The average molecular weight is 263 g/mol. The van der Waals surface area contributed by atoms with Crippen molar-refractivity contribution in [3.05, 3.63) is 57.5 Å². The van der Waals surface area contributed by atoms with Gasteiger partial charge in [0.15, 0.2) is 0 Å². The Bertz CT molecular complexity index is 493. The van der Waals surface area contributed by atoms with E-state index in [1.165, 1.54) is 5.56 Å². The number of hydrogen-bond acceptors (Lipinski definition) is 2. The lowest BCUT2D eigenvalue weighted by molar-refractivity contribution is 0.507. The second kappa shape index (κ2) is 6.12. The predicted molar refractivity (Wildman–Crippen MR) is 75.6 cm³/mol. The van der Waals surface area contributed by atoms with Gasteiger partial charge in [-0.15, -0.1) is 0 Å². The van der Waals surface area contributed by atoms with E-state index in [1.54, 1.807) is 11.3 Å². The van der Waals surface area contributed by atoms with E-state index in [4.69, 9.17) is 0 Å². The van der Waals surface area contributed by atoms with Gasteiger partial charge >= 0.3 is 0 Å². The van der Waals surface area contributed by atoms with E-state index in [-0.39, 0.29) is 11.9 Å². The van der Waals surface area contributed by atoms with Crippen LogP contribution < -0.4 is 5.32 Å². The fraction of sp³-hybridized carbons (Fsp3) is 0.333. The van der Waals surface area contributed by atoms with Crippen molar-refractivity contribution < 1.29 is 4.39 Å². The van der Waals surface area contributed by atoms with E-state index in [0.717, 1.165) is 18.5 Å². The standard InChI is InChI=1S/C15H18FNS/c1-3-17-14(9-12-7-8-18-10-12)13-6-4-5-11(2)15(13)16/h4-8,10,14,17H,3,9H2,1-2H3. The summed E-state index contributed by atoms with van der Waals surface area (Å²) in [7, 11) is 0. The summed E-state index contributed by atoms with van der Waals surface area (Å²) in [6.45, 7) is 4.70. The van der Waals surface area contributed by atoms with Crippen LogP contribution in [0.15, 0.2) is 35.0 Å². The van der Waals surface area contributed by atoms with Crippen LogP contribution in [0.3, 0.4) is 0 Å². The number of thiophene rings is 1. The maximum atomic E-state index is 14.2. The van der Waals surface area contributed by atoms with Crippen molar-refractivity contribution >= 4 is 11.3 Å². The third-order valence-corrected chi connectivity index (χ3v) is 3.80. The van der Waals surface area contributed by atoms with Gasteiger partial charge in [0.1, 0.15) is 5.82 Å². The molecule has 1 unspecified atom stereocenters. The molecule has 1 heterocycles. The maximum absolute atomic E-state index is 14.2. The van der Waals surface area contributed by atoms with Gasteiger partial charge < -0.3 is 5.32 Å². The van der Waals surface area contributed by atoms with Crippen LogP contribution >= 0.6 is 11.3 Å². The van der Waals surface area contributed by atoms with Crippen molar-refractivity contribution in [2.24, 2.45) is 0 Å². The highest BCUT2D eigenvalue weighted by molar-refractivity contribution is 7.07. The molecule has 3 heteroatoms. The van der Waals surface area contributed by atoms with Crippen LogP contribution in [-0.4, -0.2) is 6.54 Å². The summed E-state index contributed by atoms with van der Waals surface area (Å²) in [5.41, 5.74) is 2.73. The first-order valence-corrected chi connectivity index (χ1v) is 7.16. The molecule has 0 aliphatic heterocycles. The Balaban J connectivity index is 2.26. The Hall–Kier alpha value is -1.19. The highest BCUT2D eigenvalue weighted by Gasteiger charge is 2.16. The lowest BCUT2D eigenvalue weighted by atomic mass is 9.98. The van der Waals surface area contributed by atoms with Crippen LogP contribution in [0.25, 0.3) is 0 Å². The van der Waals surface area contributed by atoms with Gasteiger partial charge in [0, 0.05) is 11.6 Å². The van der Waals surface area contributed by atoms with Gasteiger partial charge in [-0.2, -0.15) is 11.3 Å². The van der Waals surface area contributed by atoms with Crippen LogP contribution in [0.5, 0.6) is 0 Å². The largest absolute Gasteiger partial charge is 0.310 e. The van der Waals surface area contributed by atoms with Crippen LogP contribution in [0.1, 0.15) is 29.7 Å².